The van der Waals surface area contributed by atoms with Crippen molar-refractivity contribution in [3.05, 3.63) is 36.3 Å². The molecule has 0 N–H and O–H groups in total. The highest BCUT2D eigenvalue weighted by molar-refractivity contribution is 5.39. The second-order valence-electron chi connectivity index (χ2n) is 8.20. The lowest BCUT2D eigenvalue weighted by molar-refractivity contribution is -0.0825. The molecule has 22 heavy (non-hydrogen) atoms. The Labute approximate surface area is 132 Å². The van der Waals surface area contributed by atoms with Crippen molar-refractivity contribution in [2.45, 2.75) is 50.6 Å². The van der Waals surface area contributed by atoms with Crippen LogP contribution in [-0.4, -0.2) is 26.9 Å². The van der Waals surface area contributed by atoms with Crippen molar-refractivity contribution >= 4 is 5.65 Å². The Kier molecular flexibility index (Phi) is 2.73. The van der Waals surface area contributed by atoms with Gasteiger partial charge in [0.25, 0.3) is 0 Å². The van der Waals surface area contributed by atoms with Crippen molar-refractivity contribution < 1.29 is 0 Å². The molecule has 4 bridgehead atoms. The topological polar surface area (TPSA) is 20.5 Å². The molecular weight excluding hydrogens is 270 g/mol. The maximum absolute atomic E-state index is 4.80. The predicted octanol–water partition coefficient (Wildman–Crippen LogP) is 3.73. The normalized spacial score (nSPS) is 36.5. The number of rotatable bonds is 3. The van der Waals surface area contributed by atoms with E-state index in [0.717, 1.165) is 29.9 Å². The summed E-state index contributed by atoms with van der Waals surface area (Å²) in [7, 11) is 2.34. The van der Waals surface area contributed by atoms with Gasteiger partial charge >= 0.3 is 0 Å². The molecule has 2 heterocycles. The lowest BCUT2D eigenvalue weighted by Gasteiger charge is -2.60. The Morgan fingerprint density at radius 2 is 1.82 bits per heavy atom. The average Bonchev–Trinajstić information content (AvgIpc) is 2.88. The van der Waals surface area contributed by atoms with Gasteiger partial charge in [-0.05, 0) is 75.5 Å². The Hall–Kier alpha value is -1.35. The first-order chi connectivity index (χ1) is 10.7. The molecule has 3 nitrogen and oxygen atoms in total. The van der Waals surface area contributed by atoms with Gasteiger partial charge in [0, 0.05) is 24.5 Å². The number of nitrogens with zero attached hydrogens (tertiary/aromatic N) is 3. The molecule has 0 saturated heterocycles. The summed E-state index contributed by atoms with van der Waals surface area (Å²) < 4.78 is 2.14. The number of imidazole rings is 1. The first-order valence-corrected chi connectivity index (χ1v) is 8.84. The highest BCUT2D eigenvalue weighted by Crippen LogP contribution is 2.57. The molecule has 0 atom stereocenters. The quantitative estimate of drug-likeness (QED) is 0.860. The fraction of sp³-hybridized carbons (Fsp3) is 0.632. The second-order valence-corrected chi connectivity index (χ2v) is 8.20. The molecule has 4 fully saturated rings. The molecule has 0 unspecified atom stereocenters. The summed E-state index contributed by atoms with van der Waals surface area (Å²) in [4.78, 5) is 7.45. The van der Waals surface area contributed by atoms with Crippen LogP contribution in [0.1, 0.15) is 44.2 Å². The smallest absolute Gasteiger partial charge is 0.137 e. The van der Waals surface area contributed by atoms with E-state index in [1.54, 1.807) is 0 Å². The zero-order valence-electron chi connectivity index (χ0n) is 13.4. The van der Waals surface area contributed by atoms with Crippen LogP contribution in [0, 0.1) is 17.8 Å². The Morgan fingerprint density at radius 1 is 1.14 bits per heavy atom. The minimum atomic E-state index is 0.477. The highest BCUT2D eigenvalue weighted by Gasteiger charge is 2.52. The Balaban J connectivity index is 1.41. The van der Waals surface area contributed by atoms with Crippen LogP contribution in [0.2, 0.25) is 0 Å². The molecule has 0 amide bonds. The number of aromatic nitrogens is 2. The molecule has 116 valence electrons. The third-order valence-electron chi connectivity index (χ3n) is 6.63. The van der Waals surface area contributed by atoms with Crippen LogP contribution in [0.3, 0.4) is 0 Å². The third kappa shape index (κ3) is 1.95. The van der Waals surface area contributed by atoms with Crippen LogP contribution in [0.15, 0.2) is 30.6 Å². The summed E-state index contributed by atoms with van der Waals surface area (Å²) in [5, 5.41) is 0. The van der Waals surface area contributed by atoms with Gasteiger partial charge in [0.2, 0.25) is 0 Å². The van der Waals surface area contributed by atoms with E-state index in [4.69, 9.17) is 4.98 Å². The van der Waals surface area contributed by atoms with Crippen LogP contribution >= 0.6 is 0 Å². The minimum absolute atomic E-state index is 0.477. The van der Waals surface area contributed by atoms with Gasteiger partial charge in [-0.2, -0.15) is 0 Å². The van der Waals surface area contributed by atoms with E-state index in [-0.39, 0.29) is 0 Å². The highest BCUT2D eigenvalue weighted by atomic mass is 15.2. The minimum Gasteiger partial charge on any atom is -0.307 e. The van der Waals surface area contributed by atoms with E-state index in [2.05, 4.69) is 46.9 Å². The van der Waals surface area contributed by atoms with E-state index in [9.17, 15) is 0 Å². The first-order valence-electron chi connectivity index (χ1n) is 8.84. The molecule has 6 rings (SSSR count). The molecule has 0 spiro atoms. The van der Waals surface area contributed by atoms with Crippen LogP contribution in [0.5, 0.6) is 0 Å². The van der Waals surface area contributed by atoms with E-state index in [1.807, 2.05) is 0 Å². The monoisotopic (exact) mass is 295 g/mol. The van der Waals surface area contributed by atoms with E-state index < -0.39 is 0 Å². The van der Waals surface area contributed by atoms with Crippen molar-refractivity contribution in [2.75, 3.05) is 7.05 Å². The van der Waals surface area contributed by atoms with Crippen LogP contribution < -0.4 is 0 Å². The van der Waals surface area contributed by atoms with Gasteiger partial charge in [-0.3, -0.25) is 4.90 Å². The molecule has 2 aromatic rings. The summed E-state index contributed by atoms with van der Waals surface area (Å²) in [5.41, 5.74) is 2.76. The summed E-state index contributed by atoms with van der Waals surface area (Å²) >= 11 is 0. The van der Waals surface area contributed by atoms with Crippen molar-refractivity contribution in [1.29, 1.82) is 0 Å². The fourth-order valence-corrected chi connectivity index (χ4v) is 6.01. The maximum atomic E-state index is 4.80. The van der Waals surface area contributed by atoms with E-state index >= 15 is 0 Å². The van der Waals surface area contributed by atoms with Crippen LogP contribution in [0.25, 0.3) is 5.65 Å². The van der Waals surface area contributed by atoms with Crippen molar-refractivity contribution in [3.8, 4) is 0 Å². The van der Waals surface area contributed by atoms with Gasteiger partial charge in [-0.15, -0.1) is 0 Å². The molecule has 0 aliphatic heterocycles. The molecule has 0 radical (unpaired) electrons. The molecule has 4 aliphatic rings. The van der Waals surface area contributed by atoms with Gasteiger partial charge in [0.1, 0.15) is 5.65 Å². The second kappa shape index (κ2) is 4.58. The number of fused-ring (bicyclic) bond motifs is 1. The molecular formula is C19H25N3. The van der Waals surface area contributed by atoms with Crippen molar-refractivity contribution in [3.63, 3.8) is 0 Å². The number of pyridine rings is 1. The SMILES string of the molecule is CN(Cc1cn2ccccc2n1)C12CC3CC(CC(C3)C1)C2. The van der Waals surface area contributed by atoms with Gasteiger partial charge in [0.15, 0.2) is 0 Å². The number of hydrogen-bond acceptors (Lipinski definition) is 2. The van der Waals surface area contributed by atoms with Crippen LogP contribution in [0.4, 0.5) is 0 Å². The fourth-order valence-electron chi connectivity index (χ4n) is 6.01. The predicted molar refractivity (Wildman–Crippen MR) is 87.6 cm³/mol. The Morgan fingerprint density at radius 3 is 2.45 bits per heavy atom. The molecule has 0 aromatic carbocycles. The van der Waals surface area contributed by atoms with Gasteiger partial charge in [-0.25, -0.2) is 4.98 Å². The summed E-state index contributed by atoms with van der Waals surface area (Å²) in [6.07, 6.45) is 13.1. The van der Waals surface area contributed by atoms with E-state index in [0.29, 0.717) is 5.54 Å². The van der Waals surface area contributed by atoms with Crippen molar-refractivity contribution in [2.24, 2.45) is 17.8 Å². The zero-order chi connectivity index (χ0) is 14.7. The summed E-state index contributed by atoms with van der Waals surface area (Å²) in [6.45, 7) is 0.994. The Bertz CT molecular complexity index is 633. The van der Waals surface area contributed by atoms with Gasteiger partial charge < -0.3 is 4.40 Å². The lowest BCUT2D eigenvalue weighted by Crippen LogP contribution is -2.58. The molecule has 4 saturated carbocycles. The van der Waals surface area contributed by atoms with Gasteiger partial charge in [0.05, 0.1) is 5.69 Å². The number of hydrogen-bond donors (Lipinski definition) is 0. The largest absolute Gasteiger partial charge is 0.307 e. The lowest BCUT2D eigenvalue weighted by atomic mass is 9.52. The molecule has 2 aromatic heterocycles. The molecule has 3 heteroatoms. The molecule has 4 aliphatic carbocycles. The summed E-state index contributed by atoms with van der Waals surface area (Å²) in [6, 6.07) is 6.23. The van der Waals surface area contributed by atoms with Crippen molar-refractivity contribution in [1.82, 2.24) is 14.3 Å². The standard InChI is InChI=1S/C19H25N3/c1-21(12-17-13-22-5-3-2-4-18(22)20-17)19-9-14-6-15(10-19)8-16(7-14)11-19/h2-5,13-16H,6-12H2,1H3. The average molecular weight is 295 g/mol. The third-order valence-corrected chi connectivity index (χ3v) is 6.63. The van der Waals surface area contributed by atoms with Gasteiger partial charge in [-0.1, -0.05) is 6.07 Å². The first kappa shape index (κ1) is 13.1. The summed E-state index contributed by atoms with van der Waals surface area (Å²) in [5.74, 6) is 3.03. The maximum Gasteiger partial charge on any atom is 0.137 e. The van der Waals surface area contributed by atoms with Crippen LogP contribution in [-0.2, 0) is 6.54 Å². The van der Waals surface area contributed by atoms with E-state index in [1.165, 1.54) is 44.2 Å². The zero-order valence-corrected chi connectivity index (χ0v) is 13.4.